The molecule has 2 aliphatic heterocycles. The van der Waals surface area contributed by atoms with Crippen molar-refractivity contribution in [3.63, 3.8) is 0 Å². The predicted molar refractivity (Wildman–Crippen MR) is 91.6 cm³/mol. The van der Waals surface area contributed by atoms with Crippen molar-refractivity contribution in [1.29, 1.82) is 0 Å². The van der Waals surface area contributed by atoms with Gasteiger partial charge >= 0.3 is 0 Å². The second-order valence-electron chi connectivity index (χ2n) is 7.14. The van der Waals surface area contributed by atoms with Crippen molar-refractivity contribution in [2.24, 2.45) is 5.92 Å². The number of carbonyl (C=O) groups excluding carboxylic acids is 2. The first-order valence-corrected chi connectivity index (χ1v) is 9.70. The predicted octanol–water partition coefficient (Wildman–Crippen LogP) is 1.11. The number of amides is 2. The summed E-state index contributed by atoms with van der Waals surface area (Å²) < 4.78 is 0. The average Bonchev–Trinajstić information content (AvgIpc) is 3.23. The molecule has 7 heteroatoms. The Kier molecular flexibility index (Phi) is 4.30. The molecule has 2 amide bonds. The minimum atomic E-state index is -0.120. The lowest BCUT2D eigenvalue weighted by Gasteiger charge is -2.35. The smallest absolute Gasteiger partial charge is 0.228 e. The molecule has 3 aliphatic rings. The van der Waals surface area contributed by atoms with E-state index in [4.69, 9.17) is 0 Å². The van der Waals surface area contributed by atoms with Crippen molar-refractivity contribution in [1.82, 2.24) is 19.7 Å². The van der Waals surface area contributed by atoms with Crippen LogP contribution in [0.3, 0.4) is 0 Å². The van der Waals surface area contributed by atoms with Crippen LogP contribution in [0, 0.1) is 12.8 Å². The van der Waals surface area contributed by atoms with Crippen LogP contribution in [0.25, 0.3) is 0 Å². The summed E-state index contributed by atoms with van der Waals surface area (Å²) in [5, 5.41) is 3.22. The Morgan fingerprint density at radius 1 is 1.29 bits per heavy atom. The quantitative estimate of drug-likeness (QED) is 0.818. The van der Waals surface area contributed by atoms with Crippen molar-refractivity contribution in [3.8, 4) is 0 Å². The summed E-state index contributed by atoms with van der Waals surface area (Å²) in [5.41, 5.74) is 1.12. The van der Waals surface area contributed by atoms with Crippen LogP contribution in [0.4, 0.5) is 0 Å². The van der Waals surface area contributed by atoms with E-state index >= 15 is 0 Å². The summed E-state index contributed by atoms with van der Waals surface area (Å²) in [4.78, 5) is 35.5. The van der Waals surface area contributed by atoms with Crippen molar-refractivity contribution < 1.29 is 9.59 Å². The van der Waals surface area contributed by atoms with Gasteiger partial charge in [-0.3, -0.25) is 14.5 Å². The second-order valence-corrected chi connectivity index (χ2v) is 8.20. The van der Waals surface area contributed by atoms with E-state index in [1.165, 1.54) is 0 Å². The first-order valence-electron chi connectivity index (χ1n) is 8.82. The van der Waals surface area contributed by atoms with Crippen molar-refractivity contribution in [3.05, 3.63) is 16.1 Å². The third-order valence-electron chi connectivity index (χ3n) is 5.23. The molecule has 1 atom stereocenters. The molecule has 2 saturated heterocycles. The van der Waals surface area contributed by atoms with E-state index in [0.717, 1.165) is 56.3 Å². The van der Waals surface area contributed by atoms with Crippen LogP contribution in [0.1, 0.15) is 30.0 Å². The van der Waals surface area contributed by atoms with Crippen LogP contribution < -0.4 is 0 Å². The summed E-state index contributed by atoms with van der Waals surface area (Å²) >= 11 is 1.68. The number of likely N-dealkylation sites (tertiary alicyclic amines) is 1. The van der Waals surface area contributed by atoms with E-state index in [-0.39, 0.29) is 17.7 Å². The van der Waals surface area contributed by atoms with Gasteiger partial charge in [-0.15, -0.1) is 11.3 Å². The highest BCUT2D eigenvalue weighted by Crippen LogP contribution is 2.33. The maximum Gasteiger partial charge on any atom is 0.228 e. The molecule has 24 heavy (non-hydrogen) atoms. The van der Waals surface area contributed by atoms with Crippen LogP contribution >= 0.6 is 11.3 Å². The highest BCUT2D eigenvalue weighted by atomic mass is 32.1. The van der Waals surface area contributed by atoms with Crippen LogP contribution in [0.2, 0.25) is 0 Å². The zero-order valence-corrected chi connectivity index (χ0v) is 14.9. The number of nitrogens with zero attached hydrogens (tertiary/aromatic N) is 4. The standard InChI is InChI=1S/C17H24N4O2S/c1-12-18-14(11-24-12)10-19-4-6-20(7-5-19)17(23)13-8-16(22)21(9-13)15-2-3-15/h11,13,15H,2-10H2,1H3. The molecule has 0 spiro atoms. The Morgan fingerprint density at radius 3 is 2.67 bits per heavy atom. The molecule has 1 aromatic rings. The summed E-state index contributed by atoms with van der Waals surface area (Å²) in [6, 6.07) is 0.425. The van der Waals surface area contributed by atoms with E-state index < -0.39 is 0 Å². The maximum absolute atomic E-state index is 12.7. The topological polar surface area (TPSA) is 56.8 Å². The SMILES string of the molecule is Cc1nc(CN2CCN(C(=O)C3CC(=O)N(C4CC4)C3)CC2)cs1. The highest BCUT2D eigenvalue weighted by Gasteiger charge is 2.43. The number of hydrogen-bond donors (Lipinski definition) is 0. The molecule has 0 N–H and O–H groups in total. The minimum absolute atomic E-state index is 0.120. The number of hydrogen-bond acceptors (Lipinski definition) is 5. The van der Waals surface area contributed by atoms with Crippen molar-refractivity contribution in [2.75, 3.05) is 32.7 Å². The second kappa shape index (κ2) is 6.44. The lowest BCUT2D eigenvalue weighted by Crippen LogP contribution is -2.50. The Morgan fingerprint density at radius 2 is 2.04 bits per heavy atom. The summed E-state index contributed by atoms with van der Waals surface area (Å²) in [6.45, 7) is 6.82. The third kappa shape index (κ3) is 3.32. The number of rotatable bonds is 4. The van der Waals surface area contributed by atoms with Gasteiger partial charge in [0.15, 0.2) is 0 Å². The first kappa shape index (κ1) is 16.0. The molecule has 0 radical (unpaired) electrons. The molecule has 1 saturated carbocycles. The Labute approximate surface area is 146 Å². The van der Waals surface area contributed by atoms with Gasteiger partial charge in [-0.05, 0) is 19.8 Å². The molecule has 130 valence electrons. The zero-order chi connectivity index (χ0) is 16.7. The Bertz CT molecular complexity index is 634. The molecular formula is C17H24N4O2S. The molecule has 3 fully saturated rings. The molecule has 1 aromatic heterocycles. The van der Waals surface area contributed by atoms with Gasteiger partial charge in [-0.2, -0.15) is 0 Å². The Balaban J connectivity index is 1.27. The molecule has 1 unspecified atom stereocenters. The fourth-order valence-corrected chi connectivity index (χ4v) is 4.33. The largest absolute Gasteiger partial charge is 0.340 e. The molecule has 3 heterocycles. The van der Waals surface area contributed by atoms with Crippen LogP contribution in [0.5, 0.6) is 0 Å². The number of piperazine rings is 1. The van der Waals surface area contributed by atoms with E-state index in [1.54, 1.807) is 11.3 Å². The third-order valence-corrected chi connectivity index (χ3v) is 6.05. The lowest BCUT2D eigenvalue weighted by atomic mass is 10.1. The number of carbonyl (C=O) groups is 2. The molecule has 4 rings (SSSR count). The average molecular weight is 348 g/mol. The first-order chi connectivity index (χ1) is 11.6. The van der Waals surface area contributed by atoms with Gasteiger partial charge in [0.1, 0.15) is 0 Å². The van der Waals surface area contributed by atoms with Gasteiger partial charge < -0.3 is 9.80 Å². The van der Waals surface area contributed by atoms with E-state index in [0.29, 0.717) is 19.0 Å². The van der Waals surface area contributed by atoms with E-state index in [9.17, 15) is 9.59 Å². The summed E-state index contributed by atoms with van der Waals surface area (Å²) in [7, 11) is 0. The zero-order valence-electron chi connectivity index (χ0n) is 14.1. The molecule has 1 aliphatic carbocycles. The van der Waals surface area contributed by atoms with Gasteiger partial charge in [-0.25, -0.2) is 4.98 Å². The maximum atomic E-state index is 12.7. The fourth-order valence-electron chi connectivity index (χ4n) is 3.73. The highest BCUT2D eigenvalue weighted by molar-refractivity contribution is 7.09. The van der Waals surface area contributed by atoms with Crippen LogP contribution in [-0.4, -0.2) is 70.3 Å². The summed E-state index contributed by atoms with van der Waals surface area (Å²) in [5.74, 6) is 0.231. The number of aromatic nitrogens is 1. The van der Waals surface area contributed by atoms with Crippen LogP contribution in [-0.2, 0) is 16.1 Å². The van der Waals surface area contributed by atoms with Crippen molar-refractivity contribution in [2.45, 2.75) is 38.8 Å². The Hall–Kier alpha value is -1.47. The molecule has 0 bridgehead atoms. The minimum Gasteiger partial charge on any atom is -0.340 e. The molecular weight excluding hydrogens is 324 g/mol. The normalized spacial score (nSPS) is 25.5. The number of thiazole rings is 1. The van der Waals surface area contributed by atoms with Gasteiger partial charge in [0.2, 0.25) is 11.8 Å². The van der Waals surface area contributed by atoms with Gasteiger partial charge in [-0.1, -0.05) is 0 Å². The number of aryl methyl sites for hydroxylation is 1. The van der Waals surface area contributed by atoms with E-state index in [2.05, 4.69) is 15.3 Å². The molecule has 0 aromatic carbocycles. The van der Waals surface area contributed by atoms with Gasteiger partial charge in [0.05, 0.1) is 16.6 Å². The fraction of sp³-hybridized carbons (Fsp3) is 0.706. The molecule has 6 nitrogen and oxygen atoms in total. The lowest BCUT2D eigenvalue weighted by molar-refractivity contribution is -0.137. The monoisotopic (exact) mass is 348 g/mol. The summed E-state index contributed by atoms with van der Waals surface area (Å²) in [6.07, 6.45) is 2.64. The van der Waals surface area contributed by atoms with E-state index in [1.807, 2.05) is 16.7 Å². The van der Waals surface area contributed by atoms with Gasteiger partial charge in [0, 0.05) is 57.1 Å². The van der Waals surface area contributed by atoms with Gasteiger partial charge in [0.25, 0.3) is 0 Å². The van der Waals surface area contributed by atoms with Crippen LogP contribution in [0.15, 0.2) is 5.38 Å². The van der Waals surface area contributed by atoms with Crippen molar-refractivity contribution >= 4 is 23.2 Å².